The molecule has 1 aromatic heterocycles. The fraction of sp³-hybridized carbons (Fsp3) is 0.385. The van der Waals surface area contributed by atoms with Gasteiger partial charge in [-0.1, -0.05) is 17.7 Å². The van der Waals surface area contributed by atoms with E-state index in [1.54, 1.807) is 0 Å². The van der Waals surface area contributed by atoms with E-state index in [9.17, 15) is 0 Å². The van der Waals surface area contributed by atoms with Gasteiger partial charge in [-0.25, -0.2) is 0 Å². The number of rotatable bonds is 3. The monoisotopic (exact) mass is 234 g/mol. The van der Waals surface area contributed by atoms with E-state index >= 15 is 0 Å². The fourth-order valence-corrected chi connectivity index (χ4v) is 2.51. The third-order valence-electron chi connectivity index (χ3n) is 3.69. The Hall–Kier alpha value is -0.990. The summed E-state index contributed by atoms with van der Waals surface area (Å²) in [5.41, 5.74) is 8.70. The lowest BCUT2D eigenvalue weighted by Crippen LogP contribution is -2.17. The third-order valence-corrected chi connectivity index (χ3v) is 3.92. The molecule has 2 nitrogen and oxygen atoms in total. The molecule has 0 amide bonds. The summed E-state index contributed by atoms with van der Waals surface area (Å²) in [6, 6.07) is 6.02. The molecule has 0 radical (unpaired) electrons. The second-order valence-corrected chi connectivity index (χ2v) is 5.32. The van der Waals surface area contributed by atoms with E-state index in [1.165, 1.54) is 23.8 Å². The Bertz CT molecular complexity index is 526. The van der Waals surface area contributed by atoms with E-state index in [2.05, 4.69) is 17.2 Å². The molecule has 2 aromatic rings. The Kier molecular flexibility index (Phi) is 2.23. The van der Waals surface area contributed by atoms with Crippen molar-refractivity contribution < 1.29 is 0 Å². The van der Waals surface area contributed by atoms with Gasteiger partial charge in [0.2, 0.25) is 0 Å². The summed E-state index contributed by atoms with van der Waals surface area (Å²) in [6.07, 6.45) is 5.72. The van der Waals surface area contributed by atoms with Gasteiger partial charge in [0.15, 0.2) is 0 Å². The summed E-state index contributed by atoms with van der Waals surface area (Å²) in [5, 5.41) is 2.06. The van der Waals surface area contributed by atoms with E-state index in [0.717, 1.165) is 23.5 Å². The first-order chi connectivity index (χ1) is 7.72. The first-order valence-electron chi connectivity index (χ1n) is 5.68. The summed E-state index contributed by atoms with van der Waals surface area (Å²) in [5.74, 6) is 0. The molecule has 0 spiro atoms. The molecule has 3 N–H and O–H groups in total. The molecule has 0 aliphatic heterocycles. The summed E-state index contributed by atoms with van der Waals surface area (Å²) in [4.78, 5) is 3.28. The zero-order valence-electron chi connectivity index (χ0n) is 9.09. The lowest BCUT2D eigenvalue weighted by molar-refractivity contribution is 0.523. The number of halogens is 1. The highest BCUT2D eigenvalue weighted by atomic mass is 35.5. The minimum absolute atomic E-state index is 0.384. The molecule has 0 saturated heterocycles. The Balaban J connectivity index is 1.98. The van der Waals surface area contributed by atoms with Crippen LogP contribution in [0.25, 0.3) is 10.9 Å². The largest absolute Gasteiger partial charge is 0.361 e. The standard InChI is InChI=1S/C13H15ClN2/c14-10-1-2-11-9(7-16-12(11)5-10)6-13(8-15)3-4-13/h1-2,5,7,16H,3-4,6,8,15H2. The van der Waals surface area contributed by atoms with Gasteiger partial charge in [-0.3, -0.25) is 0 Å². The van der Waals surface area contributed by atoms with E-state index in [-0.39, 0.29) is 0 Å². The summed E-state index contributed by atoms with van der Waals surface area (Å²) >= 11 is 5.96. The molecule has 0 unspecified atom stereocenters. The van der Waals surface area contributed by atoms with Gasteiger partial charge in [-0.2, -0.15) is 0 Å². The molecule has 1 aromatic carbocycles. The number of aromatic amines is 1. The summed E-state index contributed by atoms with van der Waals surface area (Å²) in [7, 11) is 0. The Morgan fingerprint density at radius 3 is 2.88 bits per heavy atom. The van der Waals surface area contributed by atoms with E-state index in [4.69, 9.17) is 17.3 Å². The van der Waals surface area contributed by atoms with Gasteiger partial charge in [-0.05, 0) is 48.9 Å². The van der Waals surface area contributed by atoms with Crippen LogP contribution in [0.4, 0.5) is 0 Å². The van der Waals surface area contributed by atoms with Crippen molar-refractivity contribution in [2.24, 2.45) is 11.1 Å². The topological polar surface area (TPSA) is 41.8 Å². The summed E-state index contributed by atoms with van der Waals surface area (Å²) < 4.78 is 0. The number of H-pyrrole nitrogens is 1. The van der Waals surface area contributed by atoms with Gasteiger partial charge in [0.1, 0.15) is 0 Å². The average molecular weight is 235 g/mol. The lowest BCUT2D eigenvalue weighted by Gasteiger charge is -2.10. The average Bonchev–Trinajstić information content (AvgIpc) is 2.95. The maximum absolute atomic E-state index is 5.96. The molecule has 1 saturated carbocycles. The van der Waals surface area contributed by atoms with Crippen LogP contribution in [0.3, 0.4) is 0 Å². The highest BCUT2D eigenvalue weighted by Gasteiger charge is 2.41. The zero-order valence-corrected chi connectivity index (χ0v) is 9.85. The molecular formula is C13H15ClN2. The predicted molar refractivity (Wildman–Crippen MR) is 67.7 cm³/mol. The first kappa shape index (κ1) is 10.2. The van der Waals surface area contributed by atoms with Gasteiger partial charge in [0.25, 0.3) is 0 Å². The van der Waals surface area contributed by atoms with E-state index in [1.807, 2.05) is 12.1 Å². The Morgan fingerprint density at radius 2 is 2.19 bits per heavy atom. The SMILES string of the molecule is NCC1(Cc2c[nH]c3cc(Cl)ccc23)CC1. The molecule has 1 aliphatic rings. The molecule has 3 heteroatoms. The normalized spacial score (nSPS) is 17.9. The summed E-state index contributed by atoms with van der Waals surface area (Å²) in [6.45, 7) is 0.799. The third kappa shape index (κ3) is 1.62. The smallest absolute Gasteiger partial charge is 0.0471 e. The van der Waals surface area contributed by atoms with Crippen LogP contribution in [0.5, 0.6) is 0 Å². The molecule has 3 rings (SSSR count). The number of nitrogens with two attached hydrogens (primary N) is 1. The van der Waals surface area contributed by atoms with Gasteiger partial charge < -0.3 is 10.7 Å². The van der Waals surface area contributed by atoms with Crippen molar-refractivity contribution in [1.82, 2.24) is 4.98 Å². The van der Waals surface area contributed by atoms with Crippen molar-refractivity contribution >= 4 is 22.5 Å². The first-order valence-corrected chi connectivity index (χ1v) is 6.06. The van der Waals surface area contributed by atoms with Crippen molar-refractivity contribution in [3.8, 4) is 0 Å². The second-order valence-electron chi connectivity index (χ2n) is 4.88. The number of nitrogens with one attached hydrogen (secondary N) is 1. The number of fused-ring (bicyclic) bond motifs is 1. The van der Waals surface area contributed by atoms with Crippen molar-refractivity contribution in [1.29, 1.82) is 0 Å². The maximum atomic E-state index is 5.96. The molecule has 1 fully saturated rings. The predicted octanol–water partition coefficient (Wildman–Crippen LogP) is 3.10. The number of benzene rings is 1. The van der Waals surface area contributed by atoms with Crippen LogP contribution in [0.1, 0.15) is 18.4 Å². The van der Waals surface area contributed by atoms with Crippen LogP contribution in [-0.2, 0) is 6.42 Å². The van der Waals surface area contributed by atoms with Crippen LogP contribution < -0.4 is 5.73 Å². The van der Waals surface area contributed by atoms with Crippen LogP contribution in [-0.4, -0.2) is 11.5 Å². The number of hydrogen-bond donors (Lipinski definition) is 2. The molecule has 0 atom stereocenters. The van der Waals surface area contributed by atoms with Crippen LogP contribution in [0, 0.1) is 5.41 Å². The van der Waals surface area contributed by atoms with E-state index in [0.29, 0.717) is 5.41 Å². The highest BCUT2D eigenvalue weighted by molar-refractivity contribution is 6.31. The number of hydrogen-bond acceptors (Lipinski definition) is 1. The second kappa shape index (κ2) is 3.51. The van der Waals surface area contributed by atoms with E-state index < -0.39 is 0 Å². The molecular weight excluding hydrogens is 220 g/mol. The molecule has 1 heterocycles. The number of aromatic nitrogens is 1. The minimum Gasteiger partial charge on any atom is -0.361 e. The van der Waals surface area contributed by atoms with Gasteiger partial charge in [0.05, 0.1) is 0 Å². The molecule has 0 bridgehead atoms. The maximum Gasteiger partial charge on any atom is 0.0471 e. The van der Waals surface area contributed by atoms with Crippen molar-refractivity contribution in [3.05, 3.63) is 35.0 Å². The highest BCUT2D eigenvalue weighted by Crippen LogP contribution is 2.48. The van der Waals surface area contributed by atoms with Gasteiger partial charge >= 0.3 is 0 Å². The quantitative estimate of drug-likeness (QED) is 0.842. The van der Waals surface area contributed by atoms with Crippen LogP contribution >= 0.6 is 11.6 Å². The van der Waals surface area contributed by atoms with Crippen LogP contribution in [0.15, 0.2) is 24.4 Å². The minimum atomic E-state index is 0.384. The van der Waals surface area contributed by atoms with Crippen molar-refractivity contribution in [2.75, 3.05) is 6.54 Å². The Labute approximate surface area is 99.8 Å². The molecule has 84 valence electrons. The zero-order chi connectivity index (χ0) is 11.2. The van der Waals surface area contributed by atoms with Gasteiger partial charge in [-0.15, -0.1) is 0 Å². The van der Waals surface area contributed by atoms with Crippen LogP contribution in [0.2, 0.25) is 5.02 Å². The fourth-order valence-electron chi connectivity index (χ4n) is 2.34. The molecule has 1 aliphatic carbocycles. The van der Waals surface area contributed by atoms with Crippen molar-refractivity contribution in [3.63, 3.8) is 0 Å². The molecule has 16 heavy (non-hydrogen) atoms. The lowest BCUT2D eigenvalue weighted by atomic mass is 9.96. The van der Waals surface area contributed by atoms with Crippen molar-refractivity contribution in [2.45, 2.75) is 19.3 Å². The Morgan fingerprint density at radius 1 is 1.38 bits per heavy atom. The van der Waals surface area contributed by atoms with Gasteiger partial charge in [0, 0.05) is 22.1 Å².